The Morgan fingerprint density at radius 2 is 1.90 bits per heavy atom. The maximum atomic E-state index is 3.56. The van der Waals surface area contributed by atoms with Gasteiger partial charge in [-0.05, 0) is 56.3 Å². The molecule has 0 saturated carbocycles. The number of hydrogen-bond donors (Lipinski definition) is 1. The van der Waals surface area contributed by atoms with Gasteiger partial charge in [-0.3, -0.25) is 4.90 Å². The molecule has 0 radical (unpaired) electrons. The summed E-state index contributed by atoms with van der Waals surface area (Å²) >= 11 is 0. The number of nitrogens with one attached hydrogen (secondary N) is 1. The van der Waals surface area contributed by atoms with Crippen LogP contribution in [0, 0.1) is 11.8 Å². The van der Waals surface area contributed by atoms with Gasteiger partial charge in [0.15, 0.2) is 0 Å². The van der Waals surface area contributed by atoms with Crippen LogP contribution in [0.1, 0.15) is 51.6 Å². The van der Waals surface area contributed by atoms with Crippen molar-refractivity contribution < 1.29 is 0 Å². The van der Waals surface area contributed by atoms with E-state index in [1.165, 1.54) is 37.9 Å². The number of likely N-dealkylation sites (tertiary alicyclic amines) is 1. The first-order valence-corrected chi connectivity index (χ1v) is 8.72. The van der Waals surface area contributed by atoms with Gasteiger partial charge >= 0.3 is 0 Å². The smallest absolute Gasteiger partial charge is 0.0472 e. The van der Waals surface area contributed by atoms with E-state index in [2.05, 4.69) is 61.3 Å². The van der Waals surface area contributed by atoms with Gasteiger partial charge in [0.1, 0.15) is 0 Å². The van der Waals surface area contributed by atoms with E-state index in [1.807, 2.05) is 0 Å². The number of hydrogen-bond acceptors (Lipinski definition) is 2. The van der Waals surface area contributed by atoms with Crippen molar-refractivity contribution in [2.24, 2.45) is 11.8 Å². The van der Waals surface area contributed by atoms with Crippen molar-refractivity contribution in [1.29, 1.82) is 0 Å². The molecule has 1 N–H and O–H groups in total. The van der Waals surface area contributed by atoms with E-state index < -0.39 is 0 Å². The molecule has 0 spiro atoms. The summed E-state index contributed by atoms with van der Waals surface area (Å²) < 4.78 is 0. The molecule has 118 valence electrons. The zero-order chi connectivity index (χ0) is 15.1. The fourth-order valence-electron chi connectivity index (χ4n) is 3.54. The molecule has 2 unspecified atom stereocenters. The molecular formula is C19H32N2. The van der Waals surface area contributed by atoms with Crippen LogP contribution >= 0.6 is 0 Å². The molecular weight excluding hydrogens is 256 g/mol. The summed E-state index contributed by atoms with van der Waals surface area (Å²) in [6, 6.07) is 11.5. The maximum Gasteiger partial charge on any atom is 0.0472 e. The third-order valence-electron chi connectivity index (χ3n) is 4.96. The van der Waals surface area contributed by atoms with Gasteiger partial charge in [-0.25, -0.2) is 0 Å². The summed E-state index contributed by atoms with van der Waals surface area (Å²) in [6.07, 6.45) is 4.10. The fourth-order valence-corrected chi connectivity index (χ4v) is 3.54. The Balaban J connectivity index is 2.06. The molecule has 1 saturated heterocycles. The van der Waals surface area contributed by atoms with Gasteiger partial charge in [-0.15, -0.1) is 0 Å². The minimum absolute atomic E-state index is 0.525. The molecule has 0 bridgehead atoms. The summed E-state index contributed by atoms with van der Waals surface area (Å²) in [4.78, 5) is 2.71. The lowest BCUT2D eigenvalue weighted by molar-refractivity contribution is 0.195. The number of benzene rings is 1. The second kappa shape index (κ2) is 8.55. The van der Waals surface area contributed by atoms with Crippen molar-refractivity contribution in [2.75, 3.05) is 26.2 Å². The lowest BCUT2D eigenvalue weighted by Crippen LogP contribution is -2.36. The van der Waals surface area contributed by atoms with Crippen molar-refractivity contribution in [1.82, 2.24) is 10.2 Å². The molecule has 2 rings (SSSR count). The first-order valence-electron chi connectivity index (χ1n) is 8.72. The van der Waals surface area contributed by atoms with E-state index in [0.717, 1.165) is 24.9 Å². The minimum Gasteiger partial charge on any atom is -0.315 e. The molecule has 1 aromatic rings. The third kappa shape index (κ3) is 4.82. The summed E-state index contributed by atoms with van der Waals surface area (Å²) in [7, 11) is 0. The number of nitrogens with zero attached hydrogens (tertiary/aromatic N) is 1. The quantitative estimate of drug-likeness (QED) is 0.848. The van der Waals surface area contributed by atoms with Gasteiger partial charge in [-0.1, -0.05) is 51.1 Å². The predicted octanol–water partition coefficient (Wildman–Crippen LogP) is 4.10. The van der Waals surface area contributed by atoms with Gasteiger partial charge in [0.2, 0.25) is 0 Å². The fraction of sp³-hybridized carbons (Fsp3) is 0.684. The molecule has 0 aromatic heterocycles. The van der Waals surface area contributed by atoms with Gasteiger partial charge < -0.3 is 5.32 Å². The Hall–Kier alpha value is -0.860. The lowest BCUT2D eigenvalue weighted by atomic mass is 9.89. The molecule has 21 heavy (non-hydrogen) atoms. The van der Waals surface area contributed by atoms with E-state index >= 15 is 0 Å². The highest BCUT2D eigenvalue weighted by Crippen LogP contribution is 2.29. The largest absolute Gasteiger partial charge is 0.315 e. The van der Waals surface area contributed by atoms with Crippen LogP contribution in [-0.2, 0) is 0 Å². The monoisotopic (exact) mass is 288 g/mol. The highest BCUT2D eigenvalue weighted by Gasteiger charge is 2.25. The lowest BCUT2D eigenvalue weighted by Gasteiger charge is -2.31. The Kier molecular flexibility index (Phi) is 6.72. The summed E-state index contributed by atoms with van der Waals surface area (Å²) in [5.41, 5.74) is 1.46. The molecule has 2 heteroatoms. The van der Waals surface area contributed by atoms with Gasteiger partial charge in [0, 0.05) is 12.6 Å². The first-order chi connectivity index (χ1) is 10.2. The first kappa shape index (κ1) is 16.5. The summed E-state index contributed by atoms with van der Waals surface area (Å²) in [5, 5.41) is 3.56. The molecule has 2 nitrogen and oxygen atoms in total. The topological polar surface area (TPSA) is 15.3 Å². The van der Waals surface area contributed by atoms with E-state index in [-0.39, 0.29) is 0 Å². The SMILES string of the molecule is CCNCC(c1ccccc1)N1CCCC(C(C)C)CC1. The van der Waals surface area contributed by atoms with Crippen LogP contribution in [0.25, 0.3) is 0 Å². The maximum absolute atomic E-state index is 3.56. The highest BCUT2D eigenvalue weighted by atomic mass is 15.2. The van der Waals surface area contributed by atoms with E-state index in [4.69, 9.17) is 0 Å². The zero-order valence-corrected chi connectivity index (χ0v) is 14.0. The van der Waals surface area contributed by atoms with Gasteiger partial charge in [-0.2, -0.15) is 0 Å². The molecule has 1 aliphatic rings. The Morgan fingerprint density at radius 1 is 1.14 bits per heavy atom. The Morgan fingerprint density at radius 3 is 2.57 bits per heavy atom. The van der Waals surface area contributed by atoms with Crippen LogP contribution in [0.15, 0.2) is 30.3 Å². The number of likely N-dealkylation sites (N-methyl/N-ethyl adjacent to an activating group) is 1. The van der Waals surface area contributed by atoms with E-state index in [0.29, 0.717) is 6.04 Å². The van der Waals surface area contributed by atoms with Crippen LogP contribution in [0.5, 0.6) is 0 Å². The van der Waals surface area contributed by atoms with Crippen molar-refractivity contribution in [3.8, 4) is 0 Å². The zero-order valence-electron chi connectivity index (χ0n) is 14.0. The van der Waals surface area contributed by atoms with Crippen LogP contribution in [0.3, 0.4) is 0 Å². The highest BCUT2D eigenvalue weighted by molar-refractivity contribution is 5.19. The van der Waals surface area contributed by atoms with Crippen molar-refractivity contribution >= 4 is 0 Å². The van der Waals surface area contributed by atoms with E-state index in [1.54, 1.807) is 0 Å². The minimum atomic E-state index is 0.525. The van der Waals surface area contributed by atoms with Crippen LogP contribution in [0.2, 0.25) is 0 Å². The molecule has 0 aliphatic carbocycles. The molecule has 1 aliphatic heterocycles. The standard InChI is InChI=1S/C19H32N2/c1-4-20-15-19(18-9-6-5-7-10-18)21-13-8-11-17(12-14-21)16(2)3/h5-7,9-10,16-17,19-20H,4,8,11-15H2,1-3H3. The average molecular weight is 288 g/mol. The Labute approximate surface area is 130 Å². The molecule has 2 atom stereocenters. The van der Waals surface area contributed by atoms with Crippen molar-refractivity contribution in [3.63, 3.8) is 0 Å². The second-order valence-corrected chi connectivity index (χ2v) is 6.71. The summed E-state index contributed by atoms with van der Waals surface area (Å²) in [6.45, 7) is 11.6. The van der Waals surface area contributed by atoms with Crippen LogP contribution in [0.4, 0.5) is 0 Å². The molecule has 0 amide bonds. The summed E-state index contributed by atoms with van der Waals surface area (Å²) in [5.74, 6) is 1.74. The predicted molar refractivity (Wildman–Crippen MR) is 91.5 cm³/mol. The van der Waals surface area contributed by atoms with E-state index in [9.17, 15) is 0 Å². The normalized spacial score (nSPS) is 22.2. The molecule has 1 aromatic carbocycles. The van der Waals surface area contributed by atoms with Gasteiger partial charge in [0.05, 0.1) is 0 Å². The average Bonchev–Trinajstić information content (AvgIpc) is 2.75. The Bertz CT molecular complexity index is 388. The van der Waals surface area contributed by atoms with Gasteiger partial charge in [0.25, 0.3) is 0 Å². The third-order valence-corrected chi connectivity index (χ3v) is 4.96. The molecule has 1 fully saturated rings. The van der Waals surface area contributed by atoms with Crippen molar-refractivity contribution in [3.05, 3.63) is 35.9 Å². The number of rotatable bonds is 6. The van der Waals surface area contributed by atoms with Crippen LogP contribution in [-0.4, -0.2) is 31.1 Å². The molecule has 1 heterocycles. The second-order valence-electron chi connectivity index (χ2n) is 6.71. The van der Waals surface area contributed by atoms with Crippen molar-refractivity contribution in [2.45, 2.75) is 46.1 Å². The van der Waals surface area contributed by atoms with Crippen LogP contribution < -0.4 is 5.32 Å².